The molecule has 0 saturated heterocycles. The number of benzene rings is 1. The lowest BCUT2D eigenvalue weighted by molar-refractivity contribution is 0.213. The first-order valence-electron chi connectivity index (χ1n) is 5.72. The minimum absolute atomic E-state index is 0.600. The Balaban J connectivity index is 2.61. The van der Waals surface area contributed by atoms with Gasteiger partial charge in [0.15, 0.2) is 0 Å². The first-order chi connectivity index (χ1) is 7.13. The van der Waals surface area contributed by atoms with Gasteiger partial charge in [-0.15, -0.1) is 0 Å². The number of hydrogen-bond acceptors (Lipinski definition) is 2. The molecule has 15 heavy (non-hydrogen) atoms. The zero-order chi connectivity index (χ0) is 11.3. The quantitative estimate of drug-likeness (QED) is 0.751. The third-order valence-electron chi connectivity index (χ3n) is 2.61. The van der Waals surface area contributed by atoms with Crippen LogP contribution in [0.3, 0.4) is 0 Å². The van der Waals surface area contributed by atoms with Gasteiger partial charge in [0.25, 0.3) is 0 Å². The van der Waals surface area contributed by atoms with Gasteiger partial charge in [-0.1, -0.05) is 19.1 Å². The molecule has 0 unspecified atom stereocenters. The van der Waals surface area contributed by atoms with E-state index >= 15 is 0 Å². The Morgan fingerprint density at radius 2 is 1.80 bits per heavy atom. The van der Waals surface area contributed by atoms with Gasteiger partial charge in [-0.2, -0.15) is 0 Å². The number of anilines is 1. The number of nitrogens with zero attached hydrogens (tertiary/aromatic N) is 1. The van der Waals surface area contributed by atoms with Crippen LogP contribution in [0.5, 0.6) is 0 Å². The molecule has 1 rings (SSSR count). The van der Waals surface area contributed by atoms with E-state index in [4.69, 9.17) is 5.73 Å². The molecule has 2 N–H and O–H groups in total. The van der Waals surface area contributed by atoms with E-state index in [2.05, 4.69) is 37.8 Å². The Morgan fingerprint density at radius 1 is 1.20 bits per heavy atom. The van der Waals surface area contributed by atoms with Gasteiger partial charge in [-0.25, -0.2) is 0 Å². The van der Waals surface area contributed by atoms with Crippen molar-refractivity contribution in [2.24, 2.45) is 0 Å². The van der Waals surface area contributed by atoms with Crippen molar-refractivity contribution >= 4 is 5.69 Å². The van der Waals surface area contributed by atoms with Crippen molar-refractivity contribution in [1.82, 2.24) is 4.90 Å². The highest BCUT2D eigenvalue weighted by atomic mass is 15.1. The van der Waals surface area contributed by atoms with Crippen molar-refractivity contribution in [3.8, 4) is 0 Å². The van der Waals surface area contributed by atoms with Crippen LogP contribution in [0, 0.1) is 0 Å². The normalized spacial score (nSPS) is 11.3. The molecule has 0 aliphatic rings. The van der Waals surface area contributed by atoms with E-state index in [1.807, 2.05) is 12.1 Å². The first-order valence-corrected chi connectivity index (χ1v) is 5.72. The molecule has 0 bridgehead atoms. The summed E-state index contributed by atoms with van der Waals surface area (Å²) < 4.78 is 0. The Hall–Kier alpha value is -1.02. The minimum Gasteiger partial charge on any atom is -0.399 e. The SMILES string of the molecule is CCCN(Cc1ccc(N)cc1)C(C)C. The lowest BCUT2D eigenvalue weighted by Crippen LogP contribution is -2.30. The van der Waals surface area contributed by atoms with E-state index in [0.29, 0.717) is 6.04 Å². The smallest absolute Gasteiger partial charge is 0.0314 e. The van der Waals surface area contributed by atoms with Crippen molar-refractivity contribution in [1.29, 1.82) is 0 Å². The van der Waals surface area contributed by atoms with Crippen molar-refractivity contribution < 1.29 is 0 Å². The van der Waals surface area contributed by atoms with Gasteiger partial charge < -0.3 is 5.73 Å². The summed E-state index contributed by atoms with van der Waals surface area (Å²) in [6, 6.07) is 8.77. The van der Waals surface area contributed by atoms with Crippen molar-refractivity contribution in [3.05, 3.63) is 29.8 Å². The van der Waals surface area contributed by atoms with Crippen LogP contribution >= 0.6 is 0 Å². The van der Waals surface area contributed by atoms with Crippen LogP contribution in [0.4, 0.5) is 5.69 Å². The molecule has 0 saturated carbocycles. The highest BCUT2D eigenvalue weighted by Crippen LogP contribution is 2.11. The van der Waals surface area contributed by atoms with Crippen molar-refractivity contribution in [2.45, 2.75) is 39.8 Å². The van der Waals surface area contributed by atoms with Gasteiger partial charge in [0.2, 0.25) is 0 Å². The van der Waals surface area contributed by atoms with Crippen LogP contribution in [-0.4, -0.2) is 17.5 Å². The van der Waals surface area contributed by atoms with Crippen LogP contribution in [0.25, 0.3) is 0 Å². The average molecular weight is 206 g/mol. The molecule has 1 aromatic rings. The molecule has 0 amide bonds. The van der Waals surface area contributed by atoms with Crippen LogP contribution in [0.1, 0.15) is 32.8 Å². The Kier molecular flexibility index (Phi) is 4.63. The summed E-state index contributed by atoms with van der Waals surface area (Å²) in [5, 5.41) is 0. The zero-order valence-electron chi connectivity index (χ0n) is 10.0. The third kappa shape index (κ3) is 3.92. The van der Waals surface area contributed by atoms with Gasteiger partial charge in [0, 0.05) is 18.3 Å². The fraction of sp³-hybridized carbons (Fsp3) is 0.538. The Bertz CT molecular complexity index is 277. The molecule has 0 fully saturated rings. The second kappa shape index (κ2) is 5.76. The predicted molar refractivity (Wildman–Crippen MR) is 66.7 cm³/mol. The van der Waals surface area contributed by atoms with Gasteiger partial charge >= 0.3 is 0 Å². The van der Waals surface area contributed by atoms with Gasteiger partial charge in [0.05, 0.1) is 0 Å². The van der Waals surface area contributed by atoms with Gasteiger partial charge in [-0.3, -0.25) is 4.90 Å². The van der Waals surface area contributed by atoms with Crippen LogP contribution in [0.15, 0.2) is 24.3 Å². The maximum absolute atomic E-state index is 5.66. The average Bonchev–Trinajstić information content (AvgIpc) is 2.20. The zero-order valence-corrected chi connectivity index (χ0v) is 10.0. The number of hydrogen-bond donors (Lipinski definition) is 1. The van der Waals surface area contributed by atoms with Crippen LogP contribution in [-0.2, 0) is 6.54 Å². The lowest BCUT2D eigenvalue weighted by Gasteiger charge is -2.25. The maximum Gasteiger partial charge on any atom is 0.0314 e. The summed E-state index contributed by atoms with van der Waals surface area (Å²) in [6.45, 7) is 8.88. The largest absolute Gasteiger partial charge is 0.399 e. The van der Waals surface area contributed by atoms with E-state index in [0.717, 1.165) is 18.8 Å². The monoisotopic (exact) mass is 206 g/mol. The summed E-state index contributed by atoms with van der Waals surface area (Å²) in [5.74, 6) is 0. The standard InChI is InChI=1S/C13H22N2/c1-4-9-15(11(2)3)10-12-5-7-13(14)8-6-12/h5-8,11H,4,9-10,14H2,1-3H3. The van der Waals surface area contributed by atoms with E-state index in [9.17, 15) is 0 Å². The molecule has 0 radical (unpaired) electrons. The highest BCUT2D eigenvalue weighted by molar-refractivity contribution is 5.39. The van der Waals surface area contributed by atoms with Crippen molar-refractivity contribution in [3.63, 3.8) is 0 Å². The lowest BCUT2D eigenvalue weighted by atomic mass is 10.1. The molecule has 0 heterocycles. The second-order valence-corrected chi connectivity index (χ2v) is 4.31. The van der Waals surface area contributed by atoms with Gasteiger partial charge in [0.1, 0.15) is 0 Å². The van der Waals surface area contributed by atoms with E-state index in [-0.39, 0.29) is 0 Å². The summed E-state index contributed by atoms with van der Waals surface area (Å²) in [6.07, 6.45) is 1.20. The Labute approximate surface area is 93.1 Å². The molecule has 0 spiro atoms. The first kappa shape index (κ1) is 12.1. The Morgan fingerprint density at radius 3 is 2.27 bits per heavy atom. The fourth-order valence-corrected chi connectivity index (χ4v) is 1.66. The van der Waals surface area contributed by atoms with Crippen LogP contribution < -0.4 is 5.73 Å². The maximum atomic E-state index is 5.66. The summed E-state index contributed by atoms with van der Waals surface area (Å²) in [7, 11) is 0. The molecule has 0 aliphatic carbocycles. The topological polar surface area (TPSA) is 29.3 Å². The highest BCUT2D eigenvalue weighted by Gasteiger charge is 2.08. The van der Waals surface area contributed by atoms with E-state index in [1.54, 1.807) is 0 Å². The molecule has 0 atom stereocenters. The third-order valence-corrected chi connectivity index (χ3v) is 2.61. The number of nitrogen functional groups attached to an aromatic ring is 1. The minimum atomic E-state index is 0.600. The molecule has 0 aliphatic heterocycles. The molecule has 2 heteroatoms. The van der Waals surface area contributed by atoms with Crippen molar-refractivity contribution in [2.75, 3.05) is 12.3 Å². The molecule has 2 nitrogen and oxygen atoms in total. The number of nitrogens with two attached hydrogens (primary N) is 1. The summed E-state index contributed by atoms with van der Waals surface area (Å²) in [5.41, 5.74) is 7.84. The van der Waals surface area contributed by atoms with Crippen LogP contribution in [0.2, 0.25) is 0 Å². The number of rotatable bonds is 5. The predicted octanol–water partition coefficient (Wildman–Crippen LogP) is 2.89. The molecular weight excluding hydrogens is 184 g/mol. The molecule has 84 valence electrons. The summed E-state index contributed by atoms with van der Waals surface area (Å²) >= 11 is 0. The molecule has 0 aromatic heterocycles. The second-order valence-electron chi connectivity index (χ2n) is 4.31. The van der Waals surface area contributed by atoms with E-state index < -0.39 is 0 Å². The summed E-state index contributed by atoms with van der Waals surface area (Å²) in [4.78, 5) is 2.48. The molecule has 1 aromatic carbocycles. The van der Waals surface area contributed by atoms with E-state index in [1.165, 1.54) is 12.0 Å². The fourth-order valence-electron chi connectivity index (χ4n) is 1.66. The molecular formula is C13H22N2. The van der Waals surface area contributed by atoms with Gasteiger partial charge in [-0.05, 0) is 44.5 Å².